The molecular formula is C19H14FN3O3. The molecule has 1 N–H and O–H groups in total. The van der Waals surface area contributed by atoms with Crippen molar-refractivity contribution in [1.82, 2.24) is 9.97 Å². The van der Waals surface area contributed by atoms with Crippen molar-refractivity contribution in [2.45, 2.75) is 0 Å². The summed E-state index contributed by atoms with van der Waals surface area (Å²) in [6, 6.07) is 13.9. The van der Waals surface area contributed by atoms with Crippen LogP contribution in [0.1, 0.15) is 5.56 Å². The molecule has 2 heterocycles. The van der Waals surface area contributed by atoms with Crippen molar-refractivity contribution in [1.29, 1.82) is 5.26 Å². The zero-order chi connectivity index (χ0) is 18.4. The number of benzene rings is 1. The molecule has 0 saturated carbocycles. The molecule has 0 bridgehead atoms. The standard InChI is InChI=1S/C19H14FN3O3/c20-15-4-2-14(3-5-15)17-9-16(10-18(24)23-17)25-7-8-26-19-6-1-13(11-21)12-22-19/h1-6,9-10,12H,7-8H2,(H,23,24). The van der Waals surface area contributed by atoms with Crippen LogP contribution in [0.2, 0.25) is 0 Å². The summed E-state index contributed by atoms with van der Waals surface area (Å²) in [5, 5.41) is 8.71. The largest absolute Gasteiger partial charge is 0.490 e. The van der Waals surface area contributed by atoms with Crippen molar-refractivity contribution in [3.05, 3.63) is 76.5 Å². The third-order valence-corrected chi connectivity index (χ3v) is 3.44. The molecular weight excluding hydrogens is 337 g/mol. The van der Waals surface area contributed by atoms with E-state index in [1.54, 1.807) is 30.3 Å². The van der Waals surface area contributed by atoms with Crippen LogP contribution in [0.5, 0.6) is 11.6 Å². The fraction of sp³-hybridized carbons (Fsp3) is 0.105. The predicted molar refractivity (Wildman–Crippen MR) is 92.4 cm³/mol. The van der Waals surface area contributed by atoms with Crippen molar-refractivity contribution in [2.75, 3.05) is 13.2 Å². The number of ether oxygens (including phenoxy) is 2. The highest BCUT2D eigenvalue weighted by Crippen LogP contribution is 2.20. The Morgan fingerprint density at radius 2 is 1.85 bits per heavy atom. The van der Waals surface area contributed by atoms with Gasteiger partial charge in [0.2, 0.25) is 5.88 Å². The van der Waals surface area contributed by atoms with Gasteiger partial charge in [-0.2, -0.15) is 5.26 Å². The predicted octanol–water partition coefficient (Wildman–Crippen LogP) is 2.91. The fourth-order valence-corrected chi connectivity index (χ4v) is 2.22. The lowest BCUT2D eigenvalue weighted by Crippen LogP contribution is -2.12. The summed E-state index contributed by atoms with van der Waals surface area (Å²) in [6.45, 7) is 0.422. The van der Waals surface area contributed by atoms with E-state index in [1.165, 1.54) is 24.4 Å². The Kier molecular flexibility index (Phi) is 5.25. The minimum Gasteiger partial charge on any atom is -0.490 e. The van der Waals surface area contributed by atoms with Crippen molar-refractivity contribution in [3.8, 4) is 29.0 Å². The number of pyridine rings is 2. The molecule has 3 rings (SSSR count). The molecule has 0 spiro atoms. The molecule has 1 aromatic carbocycles. The molecule has 2 aromatic heterocycles. The molecule has 26 heavy (non-hydrogen) atoms. The van der Waals surface area contributed by atoms with Crippen LogP contribution in [0.25, 0.3) is 11.3 Å². The second-order valence-electron chi connectivity index (χ2n) is 5.29. The topological polar surface area (TPSA) is 88.0 Å². The summed E-state index contributed by atoms with van der Waals surface area (Å²) in [7, 11) is 0. The Labute approximate surface area is 148 Å². The quantitative estimate of drug-likeness (QED) is 0.690. The Morgan fingerprint density at radius 1 is 1.08 bits per heavy atom. The van der Waals surface area contributed by atoms with Crippen LogP contribution in [0, 0.1) is 17.1 Å². The smallest absolute Gasteiger partial charge is 0.252 e. The first-order valence-electron chi connectivity index (χ1n) is 7.76. The molecule has 3 aromatic rings. The van der Waals surface area contributed by atoms with Gasteiger partial charge < -0.3 is 14.5 Å². The van der Waals surface area contributed by atoms with E-state index in [0.29, 0.717) is 28.5 Å². The Hall–Kier alpha value is -3.66. The van der Waals surface area contributed by atoms with Gasteiger partial charge in [0.15, 0.2) is 0 Å². The minimum atomic E-state index is -0.350. The lowest BCUT2D eigenvalue weighted by atomic mass is 10.1. The summed E-state index contributed by atoms with van der Waals surface area (Å²) in [5.74, 6) is 0.409. The molecule has 0 unspecified atom stereocenters. The van der Waals surface area contributed by atoms with Crippen molar-refractivity contribution >= 4 is 0 Å². The molecule has 0 radical (unpaired) electrons. The van der Waals surface area contributed by atoms with Crippen LogP contribution in [0.4, 0.5) is 4.39 Å². The zero-order valence-corrected chi connectivity index (χ0v) is 13.6. The molecule has 0 aliphatic carbocycles. The highest BCUT2D eigenvalue weighted by molar-refractivity contribution is 5.60. The first-order chi connectivity index (χ1) is 12.6. The zero-order valence-electron chi connectivity index (χ0n) is 13.6. The van der Waals surface area contributed by atoms with Gasteiger partial charge in [0.25, 0.3) is 5.56 Å². The molecule has 0 aliphatic rings. The number of nitriles is 1. The Balaban J connectivity index is 1.60. The second kappa shape index (κ2) is 7.94. The van der Waals surface area contributed by atoms with Crippen LogP contribution >= 0.6 is 0 Å². The van der Waals surface area contributed by atoms with Crippen LogP contribution in [0.3, 0.4) is 0 Å². The molecule has 7 heteroatoms. The number of nitrogens with zero attached hydrogens (tertiary/aromatic N) is 2. The van der Waals surface area contributed by atoms with Gasteiger partial charge in [0.05, 0.1) is 11.3 Å². The van der Waals surface area contributed by atoms with E-state index < -0.39 is 0 Å². The van der Waals surface area contributed by atoms with E-state index in [1.807, 2.05) is 6.07 Å². The maximum Gasteiger partial charge on any atom is 0.252 e. The lowest BCUT2D eigenvalue weighted by molar-refractivity contribution is 0.212. The molecule has 0 saturated heterocycles. The SMILES string of the molecule is N#Cc1ccc(OCCOc2cc(-c3ccc(F)cc3)[nH]c(=O)c2)nc1. The van der Waals surface area contributed by atoms with Gasteiger partial charge in [0.1, 0.15) is 30.8 Å². The average Bonchev–Trinajstić information content (AvgIpc) is 2.66. The summed E-state index contributed by atoms with van der Waals surface area (Å²) in [5.41, 5.74) is 1.33. The van der Waals surface area contributed by atoms with Gasteiger partial charge in [-0.25, -0.2) is 9.37 Å². The number of nitrogens with one attached hydrogen (secondary N) is 1. The van der Waals surface area contributed by atoms with Gasteiger partial charge >= 0.3 is 0 Å². The molecule has 0 atom stereocenters. The summed E-state index contributed by atoms with van der Waals surface area (Å²) < 4.78 is 24.0. The molecule has 0 fully saturated rings. The number of rotatable bonds is 6. The van der Waals surface area contributed by atoms with E-state index in [9.17, 15) is 9.18 Å². The van der Waals surface area contributed by atoms with Gasteiger partial charge in [0, 0.05) is 24.4 Å². The van der Waals surface area contributed by atoms with Crippen molar-refractivity contribution < 1.29 is 13.9 Å². The molecule has 0 aliphatic heterocycles. The number of hydrogen-bond donors (Lipinski definition) is 1. The minimum absolute atomic E-state index is 0.202. The first kappa shape index (κ1) is 17.2. The highest BCUT2D eigenvalue weighted by Gasteiger charge is 2.04. The van der Waals surface area contributed by atoms with Crippen LogP contribution in [-0.2, 0) is 0 Å². The van der Waals surface area contributed by atoms with Crippen LogP contribution in [0.15, 0.2) is 59.5 Å². The van der Waals surface area contributed by atoms with Crippen molar-refractivity contribution in [2.24, 2.45) is 0 Å². The maximum atomic E-state index is 13.0. The van der Waals surface area contributed by atoms with E-state index in [0.717, 1.165) is 0 Å². The van der Waals surface area contributed by atoms with E-state index in [-0.39, 0.29) is 24.6 Å². The lowest BCUT2D eigenvalue weighted by Gasteiger charge is -2.09. The molecule has 0 amide bonds. The number of aromatic nitrogens is 2. The van der Waals surface area contributed by atoms with Gasteiger partial charge in [-0.15, -0.1) is 0 Å². The monoisotopic (exact) mass is 351 g/mol. The van der Waals surface area contributed by atoms with Crippen LogP contribution in [-0.4, -0.2) is 23.2 Å². The van der Waals surface area contributed by atoms with Gasteiger partial charge in [-0.1, -0.05) is 0 Å². The third-order valence-electron chi connectivity index (χ3n) is 3.44. The van der Waals surface area contributed by atoms with Crippen molar-refractivity contribution in [3.63, 3.8) is 0 Å². The number of aromatic amines is 1. The number of hydrogen-bond acceptors (Lipinski definition) is 5. The van der Waals surface area contributed by atoms with Crippen LogP contribution < -0.4 is 15.0 Å². The van der Waals surface area contributed by atoms with E-state index >= 15 is 0 Å². The number of H-pyrrole nitrogens is 1. The number of halogens is 1. The highest BCUT2D eigenvalue weighted by atomic mass is 19.1. The van der Waals surface area contributed by atoms with Gasteiger partial charge in [-0.3, -0.25) is 4.79 Å². The molecule has 6 nitrogen and oxygen atoms in total. The fourth-order valence-electron chi connectivity index (χ4n) is 2.22. The summed E-state index contributed by atoms with van der Waals surface area (Å²) in [4.78, 5) is 18.5. The van der Waals surface area contributed by atoms with Gasteiger partial charge in [-0.05, 0) is 35.9 Å². The third kappa shape index (κ3) is 4.45. The Morgan fingerprint density at radius 3 is 2.54 bits per heavy atom. The first-order valence-corrected chi connectivity index (χ1v) is 7.76. The molecule has 130 valence electrons. The van der Waals surface area contributed by atoms with E-state index in [4.69, 9.17) is 14.7 Å². The normalized spacial score (nSPS) is 10.2. The Bertz CT molecular complexity index is 977. The summed E-state index contributed by atoms with van der Waals surface area (Å²) >= 11 is 0. The maximum absolute atomic E-state index is 13.0. The summed E-state index contributed by atoms with van der Waals surface area (Å²) in [6.07, 6.45) is 1.42. The van der Waals surface area contributed by atoms with E-state index in [2.05, 4.69) is 9.97 Å². The average molecular weight is 351 g/mol. The second-order valence-corrected chi connectivity index (χ2v) is 5.29.